The van der Waals surface area contributed by atoms with Crippen molar-refractivity contribution in [1.82, 2.24) is 0 Å². The highest BCUT2D eigenvalue weighted by Crippen LogP contribution is 2.46. The van der Waals surface area contributed by atoms with E-state index in [4.69, 9.17) is 4.74 Å². The Kier molecular flexibility index (Phi) is 1.75. The van der Waals surface area contributed by atoms with Gasteiger partial charge in [-0.1, -0.05) is 13.5 Å². The van der Waals surface area contributed by atoms with Crippen LogP contribution in [0.25, 0.3) is 0 Å². The van der Waals surface area contributed by atoms with Crippen LogP contribution in [0.3, 0.4) is 0 Å². The van der Waals surface area contributed by atoms with Crippen molar-refractivity contribution in [3.8, 4) is 0 Å². The number of rotatable bonds is 0. The number of fused-ring (bicyclic) bond motifs is 1. The number of hydrogen-bond acceptors (Lipinski definition) is 1. The summed E-state index contributed by atoms with van der Waals surface area (Å²) in [7, 11) is 0. The maximum atomic E-state index is 5.42. The Morgan fingerprint density at radius 1 is 1.50 bits per heavy atom. The second-order valence-corrected chi connectivity index (χ2v) is 4.13. The third kappa shape index (κ3) is 0.996. The highest BCUT2D eigenvalue weighted by Gasteiger charge is 2.39. The summed E-state index contributed by atoms with van der Waals surface area (Å²) in [5.74, 6) is 3.05. The van der Waals surface area contributed by atoms with Crippen LogP contribution in [-0.4, -0.2) is 0 Å². The first-order chi connectivity index (χ1) is 5.70. The molecule has 0 aromatic heterocycles. The van der Waals surface area contributed by atoms with E-state index in [9.17, 15) is 0 Å². The molecular formula is C11H16O. The van der Waals surface area contributed by atoms with Gasteiger partial charge in [-0.15, -0.1) is 0 Å². The molecule has 0 radical (unpaired) electrons. The molecule has 1 fully saturated rings. The third-order valence-electron chi connectivity index (χ3n) is 3.33. The molecule has 0 saturated heterocycles. The van der Waals surface area contributed by atoms with Crippen molar-refractivity contribution in [3.63, 3.8) is 0 Å². The standard InChI is InChI=1S/C11H16O/c1-7-4-5-10-8(2)6-12-9(3)11(7)10/h6-7,10-11H,3-5H2,1-2H3/t7-,10?,11+/m0/s1. The summed E-state index contributed by atoms with van der Waals surface area (Å²) in [6, 6.07) is 0. The third-order valence-corrected chi connectivity index (χ3v) is 3.33. The molecule has 0 amide bonds. The van der Waals surface area contributed by atoms with Gasteiger partial charge < -0.3 is 4.74 Å². The first kappa shape index (κ1) is 7.90. The van der Waals surface area contributed by atoms with Crippen molar-refractivity contribution < 1.29 is 4.74 Å². The lowest BCUT2D eigenvalue weighted by Crippen LogP contribution is -2.20. The molecular weight excluding hydrogens is 148 g/mol. The zero-order valence-electron chi connectivity index (χ0n) is 7.84. The highest BCUT2D eigenvalue weighted by molar-refractivity contribution is 5.17. The van der Waals surface area contributed by atoms with Gasteiger partial charge >= 0.3 is 0 Å². The van der Waals surface area contributed by atoms with Gasteiger partial charge in [0.2, 0.25) is 0 Å². The first-order valence-corrected chi connectivity index (χ1v) is 4.72. The largest absolute Gasteiger partial charge is 0.470 e. The Morgan fingerprint density at radius 3 is 2.92 bits per heavy atom. The molecule has 3 atom stereocenters. The Balaban J connectivity index is 2.29. The summed E-state index contributed by atoms with van der Waals surface area (Å²) in [5.41, 5.74) is 1.40. The minimum atomic E-state index is 0.593. The Hall–Kier alpha value is -0.720. The monoisotopic (exact) mass is 164 g/mol. The minimum absolute atomic E-state index is 0.593. The van der Waals surface area contributed by atoms with E-state index in [0.717, 1.165) is 17.6 Å². The molecule has 0 N–H and O–H groups in total. The second kappa shape index (κ2) is 2.65. The van der Waals surface area contributed by atoms with Crippen LogP contribution in [0, 0.1) is 17.8 Å². The fraction of sp³-hybridized carbons (Fsp3) is 0.636. The van der Waals surface area contributed by atoms with Crippen LogP contribution in [0.4, 0.5) is 0 Å². The number of hydrogen-bond donors (Lipinski definition) is 0. The van der Waals surface area contributed by atoms with Gasteiger partial charge in [0.15, 0.2) is 0 Å². The predicted molar refractivity (Wildman–Crippen MR) is 49.4 cm³/mol. The Bertz CT molecular complexity index is 239. The molecule has 12 heavy (non-hydrogen) atoms. The molecule has 1 unspecified atom stereocenters. The second-order valence-electron chi connectivity index (χ2n) is 4.13. The zero-order valence-corrected chi connectivity index (χ0v) is 7.84. The molecule has 1 aliphatic carbocycles. The molecule has 1 heterocycles. The zero-order chi connectivity index (χ0) is 8.72. The van der Waals surface area contributed by atoms with Crippen molar-refractivity contribution in [2.75, 3.05) is 0 Å². The lowest BCUT2D eigenvalue weighted by Gasteiger charge is -2.28. The molecule has 0 bridgehead atoms. The van der Waals surface area contributed by atoms with Gasteiger partial charge in [0.05, 0.1) is 12.0 Å². The molecule has 2 aliphatic rings. The number of ether oxygens (including phenoxy) is 1. The molecule has 1 aliphatic heterocycles. The summed E-state index contributed by atoms with van der Waals surface area (Å²) in [6.07, 6.45) is 4.51. The minimum Gasteiger partial charge on any atom is -0.470 e. The van der Waals surface area contributed by atoms with Crippen molar-refractivity contribution >= 4 is 0 Å². The smallest absolute Gasteiger partial charge is 0.0999 e. The predicted octanol–water partition coefficient (Wildman–Crippen LogP) is 3.10. The van der Waals surface area contributed by atoms with Crippen molar-refractivity contribution in [3.05, 3.63) is 24.2 Å². The molecule has 0 spiro atoms. The van der Waals surface area contributed by atoms with E-state index >= 15 is 0 Å². The summed E-state index contributed by atoms with van der Waals surface area (Å²) in [4.78, 5) is 0. The lowest BCUT2D eigenvalue weighted by molar-refractivity contribution is 0.212. The van der Waals surface area contributed by atoms with Crippen LogP contribution in [0.2, 0.25) is 0 Å². The lowest BCUT2D eigenvalue weighted by atomic mass is 9.84. The van der Waals surface area contributed by atoms with Gasteiger partial charge in [0.25, 0.3) is 0 Å². The van der Waals surface area contributed by atoms with E-state index in [-0.39, 0.29) is 0 Å². The van der Waals surface area contributed by atoms with Gasteiger partial charge in [-0.3, -0.25) is 0 Å². The van der Waals surface area contributed by atoms with E-state index in [1.165, 1.54) is 18.4 Å². The average Bonchev–Trinajstić information content (AvgIpc) is 2.42. The fourth-order valence-electron chi connectivity index (χ4n) is 2.59. The van der Waals surface area contributed by atoms with Gasteiger partial charge in [0.1, 0.15) is 0 Å². The molecule has 1 heteroatoms. The van der Waals surface area contributed by atoms with Gasteiger partial charge in [-0.05, 0) is 37.2 Å². The van der Waals surface area contributed by atoms with Crippen LogP contribution in [0.5, 0.6) is 0 Å². The van der Waals surface area contributed by atoms with Crippen molar-refractivity contribution in [2.24, 2.45) is 17.8 Å². The molecule has 0 aromatic rings. The normalized spacial score (nSPS) is 40.3. The SMILES string of the molecule is C=C1OC=C(C)C2CC[C@H](C)[C@H]12. The molecule has 1 saturated carbocycles. The summed E-state index contributed by atoms with van der Waals surface area (Å²) < 4.78 is 5.42. The van der Waals surface area contributed by atoms with Crippen LogP contribution < -0.4 is 0 Å². The highest BCUT2D eigenvalue weighted by atomic mass is 16.5. The van der Waals surface area contributed by atoms with E-state index in [2.05, 4.69) is 20.4 Å². The summed E-state index contributed by atoms with van der Waals surface area (Å²) in [6.45, 7) is 8.45. The number of allylic oxidation sites excluding steroid dienone is 2. The molecule has 2 rings (SSSR count). The Labute approximate surface area is 74.1 Å². The van der Waals surface area contributed by atoms with E-state index in [0.29, 0.717) is 5.92 Å². The van der Waals surface area contributed by atoms with Gasteiger partial charge in [-0.2, -0.15) is 0 Å². The molecule has 0 aromatic carbocycles. The quantitative estimate of drug-likeness (QED) is 0.534. The van der Waals surface area contributed by atoms with E-state index < -0.39 is 0 Å². The molecule has 1 nitrogen and oxygen atoms in total. The summed E-state index contributed by atoms with van der Waals surface area (Å²) in [5, 5.41) is 0. The van der Waals surface area contributed by atoms with Crippen LogP contribution >= 0.6 is 0 Å². The maximum absolute atomic E-state index is 5.42. The summed E-state index contributed by atoms with van der Waals surface area (Å²) >= 11 is 0. The van der Waals surface area contributed by atoms with Crippen molar-refractivity contribution in [2.45, 2.75) is 26.7 Å². The molecule has 66 valence electrons. The van der Waals surface area contributed by atoms with Crippen LogP contribution in [-0.2, 0) is 4.74 Å². The van der Waals surface area contributed by atoms with E-state index in [1.54, 1.807) is 0 Å². The first-order valence-electron chi connectivity index (χ1n) is 4.72. The van der Waals surface area contributed by atoms with Gasteiger partial charge in [-0.25, -0.2) is 0 Å². The average molecular weight is 164 g/mol. The van der Waals surface area contributed by atoms with Crippen LogP contribution in [0.15, 0.2) is 24.2 Å². The van der Waals surface area contributed by atoms with Crippen molar-refractivity contribution in [1.29, 1.82) is 0 Å². The van der Waals surface area contributed by atoms with E-state index in [1.807, 2.05) is 6.26 Å². The van der Waals surface area contributed by atoms with Crippen LogP contribution in [0.1, 0.15) is 26.7 Å². The van der Waals surface area contributed by atoms with Gasteiger partial charge in [0, 0.05) is 5.92 Å². The topological polar surface area (TPSA) is 9.23 Å². The maximum Gasteiger partial charge on any atom is 0.0999 e. The Morgan fingerprint density at radius 2 is 2.25 bits per heavy atom. The fourth-order valence-corrected chi connectivity index (χ4v) is 2.59.